The van der Waals surface area contributed by atoms with Crippen LogP contribution in [0.15, 0.2) is 11.6 Å². The second kappa shape index (κ2) is 8.20. The van der Waals surface area contributed by atoms with Gasteiger partial charge >= 0.3 is 5.97 Å². The zero-order valence-electron chi connectivity index (χ0n) is 13.1. The molecule has 2 rings (SSSR count). The zero-order valence-corrected chi connectivity index (χ0v) is 13.1. The van der Waals surface area contributed by atoms with Crippen LogP contribution in [-0.4, -0.2) is 36.5 Å². The maximum absolute atomic E-state index is 12.3. The van der Waals surface area contributed by atoms with E-state index >= 15 is 0 Å². The number of hydrogen-bond acceptors (Lipinski definition) is 3. The normalized spacial score (nSPS) is 20.0. The van der Waals surface area contributed by atoms with Gasteiger partial charge in [-0.2, -0.15) is 0 Å². The molecule has 2 aliphatic rings. The van der Waals surface area contributed by atoms with Crippen LogP contribution in [0.5, 0.6) is 0 Å². The van der Waals surface area contributed by atoms with E-state index in [1.807, 2.05) is 11.8 Å². The number of hydrogen-bond donors (Lipinski definition) is 0. The number of carbonyl (C=O) groups is 2. The van der Waals surface area contributed by atoms with Crippen molar-refractivity contribution in [1.82, 2.24) is 4.90 Å². The SMILES string of the molecule is CCOC(=O)CC1CCN(C(=O)CC2=CCCCC2)CC1. The van der Waals surface area contributed by atoms with Crippen molar-refractivity contribution in [3.8, 4) is 0 Å². The highest BCUT2D eigenvalue weighted by Crippen LogP contribution is 2.24. The summed E-state index contributed by atoms with van der Waals surface area (Å²) in [6.45, 7) is 3.86. The molecule has 0 radical (unpaired) electrons. The van der Waals surface area contributed by atoms with E-state index in [0.29, 0.717) is 25.4 Å². The number of likely N-dealkylation sites (tertiary alicyclic amines) is 1. The van der Waals surface area contributed by atoms with Crippen LogP contribution >= 0.6 is 0 Å². The lowest BCUT2D eigenvalue weighted by atomic mass is 9.92. The first-order chi connectivity index (χ1) is 10.2. The van der Waals surface area contributed by atoms with E-state index in [2.05, 4.69) is 6.08 Å². The van der Waals surface area contributed by atoms with Gasteiger partial charge in [0.2, 0.25) is 5.91 Å². The van der Waals surface area contributed by atoms with Crippen LogP contribution in [0.25, 0.3) is 0 Å². The molecule has 1 fully saturated rings. The van der Waals surface area contributed by atoms with Crippen LogP contribution < -0.4 is 0 Å². The van der Waals surface area contributed by atoms with E-state index in [0.717, 1.165) is 38.8 Å². The number of rotatable bonds is 5. The summed E-state index contributed by atoms with van der Waals surface area (Å²) in [5, 5.41) is 0. The van der Waals surface area contributed by atoms with Crippen LogP contribution in [0.2, 0.25) is 0 Å². The van der Waals surface area contributed by atoms with Crippen molar-refractivity contribution in [1.29, 1.82) is 0 Å². The lowest BCUT2D eigenvalue weighted by molar-refractivity contribution is -0.144. The summed E-state index contributed by atoms with van der Waals surface area (Å²) >= 11 is 0. The fourth-order valence-electron chi connectivity index (χ4n) is 3.21. The van der Waals surface area contributed by atoms with Gasteiger partial charge in [-0.05, 0) is 51.4 Å². The number of amides is 1. The Morgan fingerprint density at radius 2 is 2.05 bits per heavy atom. The Kier molecular flexibility index (Phi) is 6.27. The summed E-state index contributed by atoms with van der Waals surface area (Å²) in [5.74, 6) is 0.536. The highest BCUT2D eigenvalue weighted by Gasteiger charge is 2.25. The molecule has 1 aliphatic heterocycles. The van der Waals surface area contributed by atoms with Crippen molar-refractivity contribution in [2.45, 2.75) is 58.3 Å². The topological polar surface area (TPSA) is 46.6 Å². The van der Waals surface area contributed by atoms with Gasteiger partial charge in [-0.3, -0.25) is 9.59 Å². The molecule has 0 unspecified atom stereocenters. The zero-order chi connectivity index (χ0) is 15.1. The third-order valence-electron chi connectivity index (χ3n) is 4.49. The van der Waals surface area contributed by atoms with Crippen LogP contribution in [-0.2, 0) is 14.3 Å². The fourth-order valence-corrected chi connectivity index (χ4v) is 3.21. The summed E-state index contributed by atoms with van der Waals surface area (Å²) in [4.78, 5) is 25.7. The maximum atomic E-state index is 12.3. The second-order valence-electron chi connectivity index (χ2n) is 6.12. The first-order valence-electron chi connectivity index (χ1n) is 8.30. The van der Waals surface area contributed by atoms with Crippen LogP contribution in [0, 0.1) is 5.92 Å². The summed E-state index contributed by atoms with van der Waals surface area (Å²) < 4.78 is 4.99. The highest BCUT2D eigenvalue weighted by atomic mass is 16.5. The second-order valence-corrected chi connectivity index (χ2v) is 6.12. The molecule has 4 heteroatoms. The number of allylic oxidation sites excluding steroid dienone is 1. The largest absolute Gasteiger partial charge is 0.466 e. The van der Waals surface area contributed by atoms with Gasteiger partial charge in [0.15, 0.2) is 0 Å². The molecule has 118 valence electrons. The van der Waals surface area contributed by atoms with Gasteiger partial charge in [-0.15, -0.1) is 0 Å². The molecule has 1 aliphatic carbocycles. The van der Waals surface area contributed by atoms with Crippen molar-refractivity contribution in [2.75, 3.05) is 19.7 Å². The molecule has 1 amide bonds. The number of nitrogens with zero attached hydrogens (tertiary/aromatic N) is 1. The maximum Gasteiger partial charge on any atom is 0.306 e. The van der Waals surface area contributed by atoms with Gasteiger partial charge in [0, 0.05) is 25.9 Å². The van der Waals surface area contributed by atoms with Crippen molar-refractivity contribution >= 4 is 11.9 Å². The summed E-state index contributed by atoms with van der Waals surface area (Å²) in [6, 6.07) is 0. The standard InChI is InChI=1S/C17H27NO3/c1-2-21-17(20)13-15-8-10-18(11-9-15)16(19)12-14-6-4-3-5-7-14/h6,15H,2-5,7-13H2,1H3. The summed E-state index contributed by atoms with van der Waals surface area (Å²) in [5.41, 5.74) is 1.32. The number of ether oxygens (including phenoxy) is 1. The van der Waals surface area contributed by atoms with Crippen molar-refractivity contribution < 1.29 is 14.3 Å². The lowest BCUT2D eigenvalue weighted by Gasteiger charge is -2.32. The van der Waals surface area contributed by atoms with Crippen LogP contribution in [0.1, 0.15) is 58.3 Å². The third-order valence-corrected chi connectivity index (χ3v) is 4.49. The third kappa shape index (κ3) is 5.18. The first-order valence-corrected chi connectivity index (χ1v) is 8.30. The molecule has 4 nitrogen and oxygen atoms in total. The van der Waals surface area contributed by atoms with Crippen molar-refractivity contribution in [2.24, 2.45) is 5.92 Å². The molecular weight excluding hydrogens is 266 g/mol. The lowest BCUT2D eigenvalue weighted by Crippen LogP contribution is -2.39. The van der Waals surface area contributed by atoms with E-state index in [4.69, 9.17) is 4.74 Å². The minimum absolute atomic E-state index is 0.102. The average Bonchev–Trinajstić information content (AvgIpc) is 2.49. The van der Waals surface area contributed by atoms with Crippen LogP contribution in [0.3, 0.4) is 0 Å². The number of carbonyl (C=O) groups excluding carboxylic acids is 2. The average molecular weight is 293 g/mol. The molecule has 0 spiro atoms. The fraction of sp³-hybridized carbons (Fsp3) is 0.765. The summed E-state index contributed by atoms with van der Waals surface area (Å²) in [7, 11) is 0. The van der Waals surface area contributed by atoms with Gasteiger partial charge in [0.25, 0.3) is 0 Å². The molecule has 0 saturated carbocycles. The predicted octanol–water partition coefficient (Wildman–Crippen LogP) is 3.07. The van der Waals surface area contributed by atoms with Gasteiger partial charge in [-0.25, -0.2) is 0 Å². The van der Waals surface area contributed by atoms with E-state index in [9.17, 15) is 9.59 Å². The Morgan fingerprint density at radius 1 is 1.29 bits per heavy atom. The molecule has 0 aromatic rings. The van der Waals surface area contributed by atoms with E-state index in [-0.39, 0.29) is 11.9 Å². The number of esters is 1. The Bertz CT molecular complexity index is 395. The van der Waals surface area contributed by atoms with E-state index in [1.165, 1.54) is 18.4 Å². The Balaban J connectivity index is 1.71. The number of piperidine rings is 1. The van der Waals surface area contributed by atoms with Crippen molar-refractivity contribution in [3.63, 3.8) is 0 Å². The van der Waals surface area contributed by atoms with E-state index < -0.39 is 0 Å². The van der Waals surface area contributed by atoms with Crippen LogP contribution in [0.4, 0.5) is 0 Å². The monoisotopic (exact) mass is 293 g/mol. The highest BCUT2D eigenvalue weighted by molar-refractivity contribution is 5.79. The smallest absolute Gasteiger partial charge is 0.306 e. The summed E-state index contributed by atoms with van der Waals surface area (Å²) in [6.07, 6.45) is 9.89. The van der Waals surface area contributed by atoms with Gasteiger partial charge < -0.3 is 9.64 Å². The van der Waals surface area contributed by atoms with Gasteiger partial charge in [-0.1, -0.05) is 11.6 Å². The predicted molar refractivity (Wildman–Crippen MR) is 81.7 cm³/mol. The Morgan fingerprint density at radius 3 is 2.67 bits per heavy atom. The molecule has 0 aromatic carbocycles. The molecule has 0 bridgehead atoms. The molecule has 0 aromatic heterocycles. The minimum atomic E-state index is -0.102. The molecule has 1 saturated heterocycles. The molecule has 1 heterocycles. The molecular formula is C17H27NO3. The Labute approximate surface area is 127 Å². The molecule has 0 N–H and O–H groups in total. The van der Waals surface area contributed by atoms with Gasteiger partial charge in [0.1, 0.15) is 0 Å². The quantitative estimate of drug-likeness (QED) is 0.578. The minimum Gasteiger partial charge on any atom is -0.466 e. The molecule has 21 heavy (non-hydrogen) atoms. The van der Waals surface area contributed by atoms with E-state index in [1.54, 1.807) is 0 Å². The molecule has 0 atom stereocenters. The first kappa shape index (κ1) is 16.1. The van der Waals surface area contributed by atoms with Gasteiger partial charge in [0.05, 0.1) is 6.61 Å². The Hall–Kier alpha value is -1.32. The van der Waals surface area contributed by atoms with Crippen molar-refractivity contribution in [3.05, 3.63) is 11.6 Å².